The van der Waals surface area contributed by atoms with Gasteiger partial charge < -0.3 is 10.2 Å². The first-order chi connectivity index (χ1) is 6.34. The molecule has 0 aromatic rings. The summed E-state index contributed by atoms with van der Waals surface area (Å²) >= 11 is 0. The number of rotatable bonds is 0. The molecule has 0 bridgehead atoms. The standard InChI is InChI=1S/C10H17N3/c1-7-5-8-3-2-4-9-6-11-10(12-7)13(8)9/h7-9H,2-6H2,1H3,(H,11,12)/t7-,8+,9-/m0/s1. The van der Waals surface area contributed by atoms with Gasteiger partial charge >= 0.3 is 0 Å². The van der Waals surface area contributed by atoms with Crippen LogP contribution in [0.1, 0.15) is 32.6 Å². The average Bonchev–Trinajstić information content (AvgIpc) is 2.50. The minimum absolute atomic E-state index is 0.622. The zero-order chi connectivity index (χ0) is 8.84. The lowest BCUT2D eigenvalue weighted by Crippen LogP contribution is -2.59. The molecule has 1 N–H and O–H groups in total. The van der Waals surface area contributed by atoms with Gasteiger partial charge in [-0.2, -0.15) is 0 Å². The summed E-state index contributed by atoms with van der Waals surface area (Å²) in [5, 5.41) is 3.48. The van der Waals surface area contributed by atoms with Crippen LogP contribution in [0.25, 0.3) is 0 Å². The van der Waals surface area contributed by atoms with Crippen molar-refractivity contribution in [2.24, 2.45) is 4.99 Å². The maximum Gasteiger partial charge on any atom is 0.194 e. The molecule has 3 nitrogen and oxygen atoms in total. The molecule has 0 amide bonds. The smallest absolute Gasteiger partial charge is 0.194 e. The Bertz CT molecular complexity index is 249. The molecule has 0 aromatic heterocycles. The van der Waals surface area contributed by atoms with Gasteiger partial charge in [0, 0.05) is 12.1 Å². The Morgan fingerprint density at radius 2 is 2.23 bits per heavy atom. The minimum Gasteiger partial charge on any atom is -0.354 e. The van der Waals surface area contributed by atoms with Gasteiger partial charge in [0.05, 0.1) is 12.6 Å². The fourth-order valence-electron chi connectivity index (χ4n) is 3.00. The third-order valence-electron chi connectivity index (χ3n) is 3.56. The Morgan fingerprint density at radius 3 is 3.15 bits per heavy atom. The molecule has 13 heavy (non-hydrogen) atoms. The monoisotopic (exact) mass is 179 g/mol. The summed E-state index contributed by atoms with van der Waals surface area (Å²) < 4.78 is 0. The number of piperidine rings is 1. The van der Waals surface area contributed by atoms with Gasteiger partial charge in [0.25, 0.3) is 0 Å². The topological polar surface area (TPSA) is 27.6 Å². The maximum atomic E-state index is 4.58. The molecule has 2 saturated heterocycles. The van der Waals surface area contributed by atoms with Crippen molar-refractivity contribution in [3.63, 3.8) is 0 Å². The second-order valence-electron chi connectivity index (χ2n) is 4.59. The highest BCUT2D eigenvalue weighted by molar-refractivity contribution is 5.83. The van der Waals surface area contributed by atoms with Gasteiger partial charge in [-0.25, -0.2) is 0 Å². The molecule has 3 rings (SSSR count). The molecule has 0 aromatic carbocycles. The largest absolute Gasteiger partial charge is 0.354 e. The van der Waals surface area contributed by atoms with Crippen LogP contribution in [0.2, 0.25) is 0 Å². The van der Waals surface area contributed by atoms with Crippen molar-refractivity contribution in [2.45, 2.75) is 50.7 Å². The molecular weight excluding hydrogens is 162 g/mol. The molecular formula is C10H17N3. The molecule has 0 unspecified atom stereocenters. The molecule has 0 radical (unpaired) electrons. The Labute approximate surface area is 79.2 Å². The van der Waals surface area contributed by atoms with Gasteiger partial charge in [-0.05, 0) is 32.6 Å². The first-order valence-corrected chi connectivity index (χ1v) is 5.44. The molecule has 72 valence electrons. The zero-order valence-electron chi connectivity index (χ0n) is 8.16. The third kappa shape index (κ3) is 1.06. The van der Waals surface area contributed by atoms with Crippen molar-refractivity contribution in [1.82, 2.24) is 10.2 Å². The van der Waals surface area contributed by atoms with Crippen molar-refractivity contribution in [1.29, 1.82) is 0 Å². The Hall–Kier alpha value is -0.730. The van der Waals surface area contributed by atoms with E-state index in [-0.39, 0.29) is 0 Å². The van der Waals surface area contributed by atoms with Crippen LogP contribution in [0.3, 0.4) is 0 Å². The van der Waals surface area contributed by atoms with E-state index in [2.05, 4.69) is 22.1 Å². The van der Waals surface area contributed by atoms with Crippen molar-refractivity contribution >= 4 is 5.96 Å². The summed E-state index contributed by atoms with van der Waals surface area (Å²) in [4.78, 5) is 7.13. The van der Waals surface area contributed by atoms with E-state index >= 15 is 0 Å². The van der Waals surface area contributed by atoms with Crippen LogP contribution in [-0.4, -0.2) is 35.5 Å². The maximum absolute atomic E-state index is 4.58. The van der Waals surface area contributed by atoms with Crippen LogP contribution in [0, 0.1) is 0 Å². The van der Waals surface area contributed by atoms with Crippen LogP contribution in [0.15, 0.2) is 4.99 Å². The van der Waals surface area contributed by atoms with Gasteiger partial charge in [-0.1, -0.05) is 0 Å². The quantitative estimate of drug-likeness (QED) is 0.600. The first-order valence-electron chi connectivity index (χ1n) is 5.44. The number of hydrogen-bond acceptors (Lipinski definition) is 3. The highest BCUT2D eigenvalue weighted by atomic mass is 15.4. The van der Waals surface area contributed by atoms with Gasteiger partial charge in [-0.15, -0.1) is 0 Å². The Balaban J connectivity index is 1.89. The summed E-state index contributed by atoms with van der Waals surface area (Å²) in [6.07, 6.45) is 5.43. The van der Waals surface area contributed by atoms with Crippen LogP contribution < -0.4 is 5.32 Å². The number of nitrogens with zero attached hydrogens (tertiary/aromatic N) is 2. The van der Waals surface area contributed by atoms with E-state index in [0.29, 0.717) is 6.04 Å². The van der Waals surface area contributed by atoms with E-state index in [1.165, 1.54) is 31.6 Å². The molecule has 3 aliphatic rings. The third-order valence-corrected chi connectivity index (χ3v) is 3.56. The first kappa shape index (κ1) is 7.65. The van der Waals surface area contributed by atoms with Crippen LogP contribution in [0.4, 0.5) is 0 Å². The Kier molecular flexibility index (Phi) is 1.55. The molecule has 3 atom stereocenters. The van der Waals surface area contributed by atoms with Crippen molar-refractivity contribution in [3.8, 4) is 0 Å². The predicted molar refractivity (Wildman–Crippen MR) is 52.8 cm³/mol. The van der Waals surface area contributed by atoms with E-state index in [4.69, 9.17) is 0 Å². The van der Waals surface area contributed by atoms with E-state index < -0.39 is 0 Å². The van der Waals surface area contributed by atoms with E-state index in [1.54, 1.807) is 0 Å². The number of guanidine groups is 1. The summed E-state index contributed by atoms with van der Waals surface area (Å²) in [5.41, 5.74) is 0. The number of hydrogen-bond donors (Lipinski definition) is 1. The highest BCUT2D eigenvalue weighted by Gasteiger charge is 2.40. The van der Waals surface area contributed by atoms with E-state index in [1.807, 2.05) is 0 Å². The fourth-order valence-corrected chi connectivity index (χ4v) is 3.00. The summed E-state index contributed by atoms with van der Waals surface area (Å²) in [7, 11) is 0. The van der Waals surface area contributed by atoms with Crippen LogP contribution >= 0.6 is 0 Å². The predicted octanol–water partition coefficient (Wildman–Crippen LogP) is 0.961. The zero-order valence-corrected chi connectivity index (χ0v) is 8.16. The van der Waals surface area contributed by atoms with Crippen LogP contribution in [0.5, 0.6) is 0 Å². The molecule has 0 spiro atoms. The second kappa shape index (κ2) is 2.63. The molecule has 3 heterocycles. The number of nitrogens with one attached hydrogen (secondary N) is 1. The summed E-state index contributed by atoms with van der Waals surface area (Å²) in [6.45, 7) is 3.30. The normalized spacial score (nSPS) is 42.4. The fraction of sp³-hybridized carbons (Fsp3) is 0.900. The lowest BCUT2D eigenvalue weighted by molar-refractivity contribution is 0.147. The summed E-state index contributed by atoms with van der Waals surface area (Å²) in [5.74, 6) is 1.19. The van der Waals surface area contributed by atoms with Gasteiger partial charge in [0.15, 0.2) is 5.96 Å². The van der Waals surface area contributed by atoms with Crippen molar-refractivity contribution < 1.29 is 0 Å². The lowest BCUT2D eigenvalue weighted by Gasteiger charge is -2.45. The lowest BCUT2D eigenvalue weighted by atomic mass is 9.91. The molecule has 3 aliphatic heterocycles. The molecule has 2 fully saturated rings. The van der Waals surface area contributed by atoms with Crippen LogP contribution in [-0.2, 0) is 0 Å². The molecule has 3 heteroatoms. The average molecular weight is 179 g/mol. The van der Waals surface area contributed by atoms with Gasteiger partial charge in [0.2, 0.25) is 0 Å². The van der Waals surface area contributed by atoms with Crippen molar-refractivity contribution in [3.05, 3.63) is 0 Å². The summed E-state index contributed by atoms with van der Waals surface area (Å²) in [6, 6.07) is 2.14. The molecule has 0 saturated carbocycles. The van der Waals surface area contributed by atoms with E-state index in [0.717, 1.165) is 18.6 Å². The SMILES string of the molecule is C[C@H]1C[C@H]2CCC[C@H]3CN=C(N1)N23. The van der Waals surface area contributed by atoms with Gasteiger partial charge in [-0.3, -0.25) is 4.99 Å². The van der Waals surface area contributed by atoms with Gasteiger partial charge in [0.1, 0.15) is 0 Å². The minimum atomic E-state index is 0.622. The van der Waals surface area contributed by atoms with Crippen molar-refractivity contribution in [2.75, 3.05) is 6.54 Å². The molecule has 0 aliphatic carbocycles. The number of aliphatic imine (C=N–C) groups is 1. The highest BCUT2D eigenvalue weighted by Crippen LogP contribution is 2.31. The second-order valence-corrected chi connectivity index (χ2v) is 4.59. The van der Waals surface area contributed by atoms with E-state index in [9.17, 15) is 0 Å². The Morgan fingerprint density at radius 1 is 1.38 bits per heavy atom.